The second-order valence-corrected chi connectivity index (χ2v) is 8.13. The standard InChI is InChI=1S/C15H24N2O2S/c1-20(2,18)17-15-7-4-3-6-14(15)16-10-5-11-19-12-13-8-9-13/h3-4,6-7,13,16H,5,8-12H2,1-2H3. The van der Waals surface area contributed by atoms with Crippen LogP contribution in [-0.4, -0.2) is 36.5 Å². The summed E-state index contributed by atoms with van der Waals surface area (Å²) >= 11 is 0. The first-order valence-electron chi connectivity index (χ1n) is 7.12. The minimum atomic E-state index is -2.13. The normalized spacial score (nSPS) is 15.1. The van der Waals surface area contributed by atoms with Crippen LogP contribution in [0.5, 0.6) is 0 Å². The van der Waals surface area contributed by atoms with E-state index < -0.39 is 9.73 Å². The van der Waals surface area contributed by atoms with E-state index in [4.69, 9.17) is 4.74 Å². The van der Waals surface area contributed by atoms with Crippen molar-refractivity contribution in [2.45, 2.75) is 19.3 Å². The summed E-state index contributed by atoms with van der Waals surface area (Å²) in [5.41, 5.74) is 1.70. The first-order valence-corrected chi connectivity index (χ1v) is 9.45. The summed E-state index contributed by atoms with van der Waals surface area (Å²) in [6, 6.07) is 7.72. The average Bonchev–Trinajstić information content (AvgIpc) is 3.17. The molecule has 5 heteroatoms. The van der Waals surface area contributed by atoms with E-state index in [0.717, 1.165) is 43.5 Å². The van der Waals surface area contributed by atoms with E-state index in [-0.39, 0.29) is 0 Å². The average molecular weight is 296 g/mol. The Labute approximate surface area is 122 Å². The van der Waals surface area contributed by atoms with E-state index in [1.54, 1.807) is 12.5 Å². The summed E-state index contributed by atoms with van der Waals surface area (Å²) in [5.74, 6) is 0.824. The molecule has 1 aliphatic carbocycles. The van der Waals surface area contributed by atoms with Crippen molar-refractivity contribution in [1.29, 1.82) is 0 Å². The van der Waals surface area contributed by atoms with Gasteiger partial charge in [0.2, 0.25) is 0 Å². The monoisotopic (exact) mass is 296 g/mol. The summed E-state index contributed by atoms with van der Waals surface area (Å²) in [6.07, 6.45) is 6.93. The van der Waals surface area contributed by atoms with Gasteiger partial charge in [-0.05, 0) is 37.3 Å². The van der Waals surface area contributed by atoms with E-state index in [9.17, 15) is 4.21 Å². The summed E-state index contributed by atoms with van der Waals surface area (Å²) < 4.78 is 21.6. The second kappa shape index (κ2) is 7.09. The van der Waals surface area contributed by atoms with E-state index in [1.807, 2.05) is 24.3 Å². The van der Waals surface area contributed by atoms with Gasteiger partial charge >= 0.3 is 0 Å². The fourth-order valence-corrected chi connectivity index (χ4v) is 2.50. The maximum atomic E-state index is 11.8. The molecule has 0 spiro atoms. The summed E-state index contributed by atoms with van der Waals surface area (Å²) in [6.45, 7) is 2.55. The van der Waals surface area contributed by atoms with Gasteiger partial charge in [0.15, 0.2) is 0 Å². The van der Waals surface area contributed by atoms with E-state index in [2.05, 4.69) is 9.68 Å². The van der Waals surface area contributed by atoms with Crippen LogP contribution in [0, 0.1) is 5.92 Å². The number of para-hydroxylation sites is 1. The van der Waals surface area contributed by atoms with Gasteiger partial charge in [0, 0.05) is 42.0 Å². The molecule has 0 radical (unpaired) electrons. The molecule has 0 saturated heterocycles. The van der Waals surface area contributed by atoms with E-state index >= 15 is 0 Å². The molecule has 1 fully saturated rings. The van der Waals surface area contributed by atoms with Gasteiger partial charge < -0.3 is 10.1 Å². The number of ether oxygens (including phenoxy) is 1. The van der Waals surface area contributed by atoms with Crippen LogP contribution in [0.15, 0.2) is 28.6 Å². The summed E-state index contributed by atoms with van der Waals surface area (Å²) in [7, 11) is -2.13. The molecule has 0 amide bonds. The third kappa shape index (κ3) is 5.92. The summed E-state index contributed by atoms with van der Waals surface area (Å²) in [5, 5.41) is 3.34. The van der Waals surface area contributed by atoms with Gasteiger partial charge in [0.05, 0.1) is 11.4 Å². The Balaban J connectivity index is 1.78. The smallest absolute Gasteiger partial charge is 0.0961 e. The van der Waals surface area contributed by atoms with Crippen LogP contribution >= 0.6 is 0 Å². The first kappa shape index (κ1) is 15.3. The molecule has 4 nitrogen and oxygen atoms in total. The van der Waals surface area contributed by atoms with Gasteiger partial charge in [0.1, 0.15) is 0 Å². The molecule has 0 aliphatic heterocycles. The molecule has 0 aromatic heterocycles. The molecule has 1 N–H and O–H groups in total. The number of rotatable bonds is 8. The highest BCUT2D eigenvalue weighted by Gasteiger charge is 2.20. The zero-order chi connectivity index (χ0) is 14.4. The van der Waals surface area contributed by atoms with Crippen molar-refractivity contribution in [2.75, 3.05) is 37.6 Å². The van der Waals surface area contributed by atoms with Crippen LogP contribution in [0.25, 0.3) is 0 Å². The molecule has 0 atom stereocenters. The lowest BCUT2D eigenvalue weighted by Crippen LogP contribution is -2.07. The third-order valence-corrected chi connectivity index (χ3v) is 3.69. The number of nitrogens with one attached hydrogen (secondary N) is 1. The van der Waals surface area contributed by atoms with Crippen molar-refractivity contribution in [2.24, 2.45) is 10.3 Å². The Morgan fingerprint density at radius 3 is 2.80 bits per heavy atom. The van der Waals surface area contributed by atoms with Crippen molar-refractivity contribution in [3.05, 3.63) is 24.3 Å². The maximum absolute atomic E-state index is 11.8. The second-order valence-electron chi connectivity index (χ2n) is 5.59. The molecule has 1 aliphatic rings. The fraction of sp³-hybridized carbons (Fsp3) is 0.600. The van der Waals surface area contributed by atoms with Crippen LogP contribution < -0.4 is 5.32 Å². The highest BCUT2D eigenvalue weighted by Crippen LogP contribution is 2.28. The predicted octanol–water partition coefficient (Wildman–Crippen LogP) is 3.27. The van der Waals surface area contributed by atoms with Crippen molar-refractivity contribution >= 4 is 21.1 Å². The van der Waals surface area contributed by atoms with Crippen molar-refractivity contribution in [3.63, 3.8) is 0 Å². The fourth-order valence-electron chi connectivity index (χ4n) is 1.87. The molecule has 1 saturated carbocycles. The van der Waals surface area contributed by atoms with Gasteiger partial charge in [-0.1, -0.05) is 12.1 Å². The lowest BCUT2D eigenvalue weighted by Gasteiger charge is -2.09. The number of nitrogens with zero attached hydrogens (tertiary/aromatic N) is 1. The lowest BCUT2D eigenvalue weighted by molar-refractivity contribution is 0.124. The Morgan fingerprint density at radius 2 is 2.10 bits per heavy atom. The topological polar surface area (TPSA) is 50.7 Å². The Kier molecular flexibility index (Phi) is 5.43. The number of hydrogen-bond acceptors (Lipinski definition) is 4. The highest BCUT2D eigenvalue weighted by molar-refractivity contribution is 7.92. The van der Waals surface area contributed by atoms with Crippen LogP contribution in [0.3, 0.4) is 0 Å². The SMILES string of the molecule is CS(C)(=O)=Nc1ccccc1NCCCOCC1CC1. The van der Waals surface area contributed by atoms with Gasteiger partial charge in [-0.15, -0.1) is 0 Å². The van der Waals surface area contributed by atoms with Gasteiger partial charge in [-0.3, -0.25) is 0 Å². The third-order valence-electron chi connectivity index (χ3n) is 3.05. The van der Waals surface area contributed by atoms with Crippen LogP contribution in [0.1, 0.15) is 19.3 Å². The first-order chi connectivity index (χ1) is 9.54. The lowest BCUT2D eigenvalue weighted by atomic mass is 10.2. The molecular formula is C15H24N2O2S. The van der Waals surface area contributed by atoms with E-state index in [1.165, 1.54) is 12.8 Å². The highest BCUT2D eigenvalue weighted by atomic mass is 32.2. The zero-order valence-electron chi connectivity index (χ0n) is 12.3. The van der Waals surface area contributed by atoms with Gasteiger partial charge in [-0.25, -0.2) is 4.21 Å². The van der Waals surface area contributed by atoms with Gasteiger partial charge in [0.25, 0.3) is 0 Å². The number of hydrogen-bond donors (Lipinski definition) is 1. The predicted molar refractivity (Wildman–Crippen MR) is 85.2 cm³/mol. The molecule has 1 aromatic carbocycles. The molecule has 0 heterocycles. The van der Waals surface area contributed by atoms with Crippen molar-refractivity contribution in [3.8, 4) is 0 Å². The molecule has 0 bridgehead atoms. The number of anilines is 1. The van der Waals surface area contributed by atoms with Crippen LogP contribution in [0.2, 0.25) is 0 Å². The molecule has 0 unspecified atom stereocenters. The van der Waals surface area contributed by atoms with Crippen LogP contribution in [0.4, 0.5) is 11.4 Å². The molecule has 1 aromatic rings. The minimum Gasteiger partial charge on any atom is -0.383 e. The Morgan fingerprint density at radius 1 is 1.35 bits per heavy atom. The summed E-state index contributed by atoms with van der Waals surface area (Å²) in [4.78, 5) is 0. The Hall–Kier alpha value is -1.07. The van der Waals surface area contributed by atoms with Gasteiger partial charge in [-0.2, -0.15) is 4.36 Å². The number of benzene rings is 1. The van der Waals surface area contributed by atoms with E-state index in [0.29, 0.717) is 0 Å². The van der Waals surface area contributed by atoms with Crippen molar-refractivity contribution < 1.29 is 8.95 Å². The van der Waals surface area contributed by atoms with Crippen LogP contribution in [-0.2, 0) is 14.5 Å². The zero-order valence-corrected chi connectivity index (χ0v) is 13.1. The Bertz CT molecular complexity index is 539. The molecule has 20 heavy (non-hydrogen) atoms. The molecular weight excluding hydrogens is 272 g/mol. The quantitative estimate of drug-likeness (QED) is 0.749. The molecule has 2 rings (SSSR count). The maximum Gasteiger partial charge on any atom is 0.0961 e. The van der Waals surface area contributed by atoms with Crippen molar-refractivity contribution in [1.82, 2.24) is 0 Å². The minimum absolute atomic E-state index is 0.765. The molecule has 112 valence electrons. The largest absolute Gasteiger partial charge is 0.383 e.